The van der Waals surface area contributed by atoms with Crippen LogP contribution < -0.4 is 16.6 Å². The Balaban J connectivity index is 2.58. The zero-order valence-corrected chi connectivity index (χ0v) is 10.6. The van der Waals surface area contributed by atoms with Crippen molar-refractivity contribution in [3.8, 4) is 0 Å². The molecular formula is C12H20N4O. The predicted octanol–water partition coefficient (Wildman–Crippen LogP) is 1.53. The molecule has 1 aromatic heterocycles. The highest BCUT2D eigenvalue weighted by molar-refractivity contribution is 5.99. The highest BCUT2D eigenvalue weighted by Crippen LogP contribution is 2.17. The summed E-state index contributed by atoms with van der Waals surface area (Å²) in [4.78, 5) is 15.8. The Morgan fingerprint density at radius 2 is 2.18 bits per heavy atom. The van der Waals surface area contributed by atoms with Crippen molar-refractivity contribution in [2.24, 2.45) is 11.3 Å². The van der Waals surface area contributed by atoms with Crippen LogP contribution in [0.25, 0.3) is 0 Å². The van der Waals surface area contributed by atoms with Gasteiger partial charge in [0, 0.05) is 12.7 Å². The van der Waals surface area contributed by atoms with E-state index in [1.807, 2.05) is 0 Å². The maximum Gasteiger partial charge on any atom is 0.253 e. The number of hydrazine groups is 1. The van der Waals surface area contributed by atoms with Crippen LogP contribution in [0.1, 0.15) is 37.6 Å². The van der Waals surface area contributed by atoms with Gasteiger partial charge in [0.05, 0.1) is 17.4 Å². The summed E-state index contributed by atoms with van der Waals surface area (Å²) in [5.74, 6) is 5.18. The van der Waals surface area contributed by atoms with Gasteiger partial charge in [-0.15, -0.1) is 0 Å². The fourth-order valence-electron chi connectivity index (χ4n) is 1.35. The quantitative estimate of drug-likeness (QED) is 0.547. The van der Waals surface area contributed by atoms with E-state index in [0.29, 0.717) is 17.8 Å². The van der Waals surface area contributed by atoms with E-state index < -0.39 is 0 Å². The van der Waals surface area contributed by atoms with Gasteiger partial charge in [-0.1, -0.05) is 20.8 Å². The molecule has 4 N–H and O–H groups in total. The van der Waals surface area contributed by atoms with Crippen LogP contribution >= 0.6 is 0 Å². The van der Waals surface area contributed by atoms with Crippen molar-refractivity contribution in [2.45, 2.75) is 27.2 Å². The van der Waals surface area contributed by atoms with Crippen molar-refractivity contribution in [3.05, 3.63) is 24.0 Å². The predicted molar refractivity (Wildman–Crippen MR) is 68.5 cm³/mol. The van der Waals surface area contributed by atoms with Gasteiger partial charge in [0.25, 0.3) is 5.91 Å². The summed E-state index contributed by atoms with van der Waals surface area (Å²) in [6.45, 7) is 7.06. The number of amides is 1. The second kappa shape index (κ2) is 5.63. The number of nitrogens with zero attached hydrogens (tertiary/aromatic N) is 1. The van der Waals surface area contributed by atoms with Gasteiger partial charge >= 0.3 is 0 Å². The first-order valence-corrected chi connectivity index (χ1v) is 5.63. The number of hydrogen-bond donors (Lipinski definition) is 3. The molecular weight excluding hydrogens is 216 g/mol. The summed E-state index contributed by atoms with van der Waals surface area (Å²) in [5.41, 5.74) is 3.71. The summed E-state index contributed by atoms with van der Waals surface area (Å²) in [7, 11) is 0. The van der Waals surface area contributed by atoms with E-state index in [1.165, 1.54) is 6.20 Å². The SMILES string of the molecule is CC(C)(C)CCNC(=O)c1ccncc1NN. The molecule has 0 saturated carbocycles. The number of anilines is 1. The van der Waals surface area contributed by atoms with Crippen LogP contribution in [0.5, 0.6) is 0 Å². The number of carbonyl (C=O) groups is 1. The summed E-state index contributed by atoms with van der Waals surface area (Å²) in [5, 5.41) is 2.87. The van der Waals surface area contributed by atoms with Crippen LogP contribution in [0.15, 0.2) is 18.5 Å². The van der Waals surface area contributed by atoms with Crippen molar-refractivity contribution in [2.75, 3.05) is 12.0 Å². The van der Waals surface area contributed by atoms with Gasteiger partial charge in [0.1, 0.15) is 0 Å². The molecule has 0 atom stereocenters. The number of carbonyl (C=O) groups excluding carboxylic acids is 1. The molecule has 0 bridgehead atoms. The Hall–Kier alpha value is -1.62. The monoisotopic (exact) mass is 236 g/mol. The van der Waals surface area contributed by atoms with E-state index in [0.717, 1.165) is 6.42 Å². The molecule has 0 aromatic carbocycles. The molecule has 0 aliphatic heterocycles. The average molecular weight is 236 g/mol. The van der Waals surface area contributed by atoms with Gasteiger partial charge in [0.2, 0.25) is 0 Å². The van der Waals surface area contributed by atoms with Crippen LogP contribution in [0.3, 0.4) is 0 Å². The highest BCUT2D eigenvalue weighted by atomic mass is 16.1. The minimum Gasteiger partial charge on any atom is -0.352 e. The Bertz CT molecular complexity index is 384. The lowest BCUT2D eigenvalue weighted by Crippen LogP contribution is -2.28. The molecule has 0 saturated heterocycles. The number of nitrogen functional groups attached to an aromatic ring is 1. The zero-order valence-electron chi connectivity index (χ0n) is 10.6. The van der Waals surface area contributed by atoms with Gasteiger partial charge in [0.15, 0.2) is 0 Å². The molecule has 17 heavy (non-hydrogen) atoms. The van der Waals surface area contributed by atoms with Crippen LogP contribution in [0, 0.1) is 5.41 Å². The number of rotatable bonds is 4. The largest absolute Gasteiger partial charge is 0.352 e. The lowest BCUT2D eigenvalue weighted by molar-refractivity contribution is 0.0950. The minimum absolute atomic E-state index is 0.135. The topological polar surface area (TPSA) is 80.0 Å². The third-order valence-electron chi connectivity index (χ3n) is 2.38. The second-order valence-corrected chi connectivity index (χ2v) is 5.13. The second-order valence-electron chi connectivity index (χ2n) is 5.13. The molecule has 1 amide bonds. The lowest BCUT2D eigenvalue weighted by atomic mass is 9.92. The number of nitrogens with two attached hydrogens (primary N) is 1. The number of pyridine rings is 1. The van der Waals surface area contributed by atoms with Crippen molar-refractivity contribution in [1.29, 1.82) is 0 Å². The first-order chi connectivity index (χ1) is 7.94. The third kappa shape index (κ3) is 4.40. The molecule has 94 valence electrons. The molecule has 1 heterocycles. The Labute approximate surface area is 102 Å². The van der Waals surface area contributed by atoms with Gasteiger partial charge in [-0.3, -0.25) is 15.6 Å². The molecule has 0 aliphatic rings. The van der Waals surface area contributed by atoms with Crippen LogP contribution in [0.4, 0.5) is 5.69 Å². The lowest BCUT2D eigenvalue weighted by Gasteiger charge is -2.18. The van der Waals surface area contributed by atoms with E-state index in [-0.39, 0.29) is 11.3 Å². The fourth-order valence-corrected chi connectivity index (χ4v) is 1.35. The molecule has 0 unspecified atom stereocenters. The number of aromatic nitrogens is 1. The number of hydrogen-bond acceptors (Lipinski definition) is 4. The Morgan fingerprint density at radius 3 is 2.76 bits per heavy atom. The summed E-state index contributed by atoms with van der Waals surface area (Å²) < 4.78 is 0. The van der Waals surface area contributed by atoms with Crippen molar-refractivity contribution in [1.82, 2.24) is 10.3 Å². The molecule has 1 aromatic rings. The van der Waals surface area contributed by atoms with E-state index in [2.05, 4.69) is 36.5 Å². The Morgan fingerprint density at radius 1 is 1.47 bits per heavy atom. The molecule has 0 fully saturated rings. The third-order valence-corrected chi connectivity index (χ3v) is 2.38. The molecule has 1 rings (SSSR count). The maximum absolute atomic E-state index is 11.9. The fraction of sp³-hybridized carbons (Fsp3) is 0.500. The smallest absolute Gasteiger partial charge is 0.253 e. The zero-order chi connectivity index (χ0) is 12.9. The van der Waals surface area contributed by atoms with Gasteiger partial charge in [-0.25, -0.2) is 0 Å². The molecule has 5 nitrogen and oxygen atoms in total. The van der Waals surface area contributed by atoms with E-state index >= 15 is 0 Å². The van der Waals surface area contributed by atoms with Crippen LogP contribution in [-0.4, -0.2) is 17.4 Å². The van der Waals surface area contributed by atoms with Crippen molar-refractivity contribution >= 4 is 11.6 Å². The maximum atomic E-state index is 11.9. The van der Waals surface area contributed by atoms with Crippen molar-refractivity contribution < 1.29 is 4.79 Å². The molecule has 0 spiro atoms. The highest BCUT2D eigenvalue weighted by Gasteiger charge is 2.13. The van der Waals surface area contributed by atoms with E-state index in [1.54, 1.807) is 12.3 Å². The van der Waals surface area contributed by atoms with Gasteiger partial charge in [-0.2, -0.15) is 0 Å². The standard InChI is InChI=1S/C12H20N4O/c1-12(2,3)5-7-15-11(17)9-4-6-14-8-10(9)16-13/h4,6,8,16H,5,7,13H2,1-3H3,(H,15,17). The molecule has 0 aliphatic carbocycles. The normalized spacial score (nSPS) is 11.1. The van der Waals surface area contributed by atoms with Gasteiger partial charge in [-0.05, 0) is 17.9 Å². The summed E-state index contributed by atoms with van der Waals surface area (Å²) in [6, 6.07) is 1.64. The van der Waals surface area contributed by atoms with E-state index in [9.17, 15) is 4.79 Å². The molecule has 5 heteroatoms. The van der Waals surface area contributed by atoms with Crippen LogP contribution in [0.2, 0.25) is 0 Å². The summed E-state index contributed by atoms with van der Waals surface area (Å²) in [6.07, 6.45) is 4.02. The minimum atomic E-state index is -0.135. The van der Waals surface area contributed by atoms with E-state index in [4.69, 9.17) is 5.84 Å². The first-order valence-electron chi connectivity index (χ1n) is 5.63. The first kappa shape index (κ1) is 13.4. The number of nitrogens with one attached hydrogen (secondary N) is 2. The summed E-state index contributed by atoms with van der Waals surface area (Å²) >= 11 is 0. The van der Waals surface area contributed by atoms with Gasteiger partial charge < -0.3 is 10.7 Å². The Kier molecular flexibility index (Phi) is 4.45. The van der Waals surface area contributed by atoms with Crippen LogP contribution in [-0.2, 0) is 0 Å². The average Bonchev–Trinajstić information content (AvgIpc) is 2.27. The van der Waals surface area contributed by atoms with Crippen molar-refractivity contribution in [3.63, 3.8) is 0 Å². The molecule has 0 radical (unpaired) electrons.